The van der Waals surface area contributed by atoms with Gasteiger partial charge in [0.1, 0.15) is 0 Å². The number of amides is 2. The molecule has 2 aromatic carbocycles. The molecule has 1 aliphatic heterocycles. The van der Waals surface area contributed by atoms with Gasteiger partial charge in [-0.05, 0) is 48.2 Å². The van der Waals surface area contributed by atoms with Gasteiger partial charge in [0.15, 0.2) is 0 Å². The highest BCUT2D eigenvalue weighted by molar-refractivity contribution is 5.83. The highest BCUT2D eigenvalue weighted by Crippen LogP contribution is 2.23. The Bertz CT molecular complexity index is 958. The molecule has 0 aliphatic carbocycles. The number of nitrogens with zero attached hydrogens (tertiary/aromatic N) is 3. The third kappa shape index (κ3) is 3.87. The Morgan fingerprint density at radius 3 is 2.61 bits per heavy atom. The average molecular weight is 377 g/mol. The fourth-order valence-electron chi connectivity index (χ4n) is 3.91. The van der Waals surface area contributed by atoms with Crippen molar-refractivity contribution >= 4 is 16.8 Å². The lowest BCUT2D eigenvalue weighted by Gasteiger charge is -2.33. The van der Waals surface area contributed by atoms with E-state index in [1.54, 1.807) is 0 Å². The van der Waals surface area contributed by atoms with E-state index in [0.29, 0.717) is 12.6 Å². The fraction of sp³-hybridized carbons (Fsp3) is 0.364. The Morgan fingerprint density at radius 2 is 1.93 bits per heavy atom. The summed E-state index contributed by atoms with van der Waals surface area (Å²) in [6, 6.07) is 16.6. The molecule has 1 unspecified atom stereocenters. The van der Waals surface area contributed by atoms with Crippen LogP contribution in [0.4, 0.5) is 4.79 Å². The Labute approximate surface area is 165 Å². The second-order valence-corrected chi connectivity index (χ2v) is 7.50. The minimum atomic E-state index is -0.191. The molecule has 4 rings (SSSR count). The number of carbonyl (C=O) groups excluding carboxylic acids is 1. The van der Waals surface area contributed by atoms with Crippen LogP contribution in [-0.2, 0) is 0 Å². The molecule has 6 nitrogen and oxygen atoms in total. The number of urea groups is 1. The number of aromatic nitrogens is 2. The highest BCUT2D eigenvalue weighted by Gasteiger charge is 2.25. The highest BCUT2D eigenvalue weighted by atomic mass is 16.2. The van der Waals surface area contributed by atoms with Crippen molar-refractivity contribution in [2.75, 3.05) is 19.6 Å². The maximum atomic E-state index is 12.8. The summed E-state index contributed by atoms with van der Waals surface area (Å²) in [4.78, 5) is 14.7. The molecule has 6 heteroatoms. The summed E-state index contributed by atoms with van der Waals surface area (Å²) in [5, 5.41) is 9.97. The third-order valence-electron chi connectivity index (χ3n) is 5.58. The van der Waals surface area contributed by atoms with Crippen LogP contribution >= 0.6 is 0 Å². The number of fused-ring (bicyclic) bond motifs is 1. The van der Waals surface area contributed by atoms with Crippen LogP contribution < -0.4 is 11.1 Å². The lowest BCUT2D eigenvalue weighted by Crippen LogP contribution is -2.47. The average Bonchev–Trinajstić information content (AvgIpc) is 3.18. The molecular weight excluding hydrogens is 350 g/mol. The van der Waals surface area contributed by atoms with Crippen molar-refractivity contribution in [1.29, 1.82) is 0 Å². The SMILES string of the molecule is Cc1ccn(C2CCN(C(=O)NC(CN)c3ccc4ccccc4c3)CC2)n1. The van der Waals surface area contributed by atoms with E-state index in [4.69, 9.17) is 5.73 Å². The number of likely N-dealkylation sites (tertiary alicyclic amines) is 1. The van der Waals surface area contributed by atoms with Crippen LogP contribution in [0.15, 0.2) is 54.7 Å². The molecule has 1 aromatic heterocycles. The number of nitrogens with one attached hydrogen (secondary N) is 1. The van der Waals surface area contributed by atoms with Gasteiger partial charge in [-0.25, -0.2) is 4.79 Å². The van der Waals surface area contributed by atoms with E-state index < -0.39 is 0 Å². The summed E-state index contributed by atoms with van der Waals surface area (Å²) < 4.78 is 2.03. The molecule has 1 aliphatic rings. The van der Waals surface area contributed by atoms with Gasteiger partial charge in [-0.1, -0.05) is 36.4 Å². The topological polar surface area (TPSA) is 76.2 Å². The number of hydrogen-bond acceptors (Lipinski definition) is 3. The summed E-state index contributed by atoms with van der Waals surface area (Å²) >= 11 is 0. The number of carbonyl (C=O) groups is 1. The van der Waals surface area contributed by atoms with E-state index in [1.807, 2.05) is 47.0 Å². The van der Waals surface area contributed by atoms with Gasteiger partial charge in [0.25, 0.3) is 0 Å². The monoisotopic (exact) mass is 377 g/mol. The van der Waals surface area contributed by atoms with Crippen molar-refractivity contribution in [3.8, 4) is 0 Å². The van der Waals surface area contributed by atoms with Gasteiger partial charge in [0.05, 0.1) is 17.8 Å². The molecule has 1 atom stereocenters. The van der Waals surface area contributed by atoms with Gasteiger partial charge >= 0.3 is 6.03 Å². The standard InChI is InChI=1S/C22H27N5O/c1-16-8-13-27(25-16)20-9-11-26(12-10-20)22(28)24-21(15-23)19-7-6-17-4-2-3-5-18(17)14-19/h2-8,13-14,20-21H,9-12,15,23H2,1H3,(H,24,28). The first kappa shape index (κ1) is 18.5. The van der Waals surface area contributed by atoms with E-state index in [-0.39, 0.29) is 12.1 Å². The summed E-state index contributed by atoms with van der Waals surface area (Å²) in [7, 11) is 0. The molecule has 2 heterocycles. The Balaban J connectivity index is 1.39. The number of aryl methyl sites for hydroxylation is 1. The van der Waals surface area contributed by atoms with Crippen molar-refractivity contribution in [3.05, 3.63) is 66.0 Å². The van der Waals surface area contributed by atoms with Crippen molar-refractivity contribution in [2.45, 2.75) is 31.8 Å². The van der Waals surface area contributed by atoms with Crippen LogP contribution in [0, 0.1) is 6.92 Å². The van der Waals surface area contributed by atoms with Crippen LogP contribution in [0.3, 0.4) is 0 Å². The van der Waals surface area contributed by atoms with Gasteiger partial charge in [-0.2, -0.15) is 5.10 Å². The van der Waals surface area contributed by atoms with Gasteiger partial charge < -0.3 is 16.0 Å². The fourth-order valence-corrected chi connectivity index (χ4v) is 3.91. The summed E-state index contributed by atoms with van der Waals surface area (Å²) in [6.45, 7) is 3.82. The molecular formula is C22H27N5O. The number of benzene rings is 2. The first-order valence-corrected chi connectivity index (χ1v) is 9.90. The van der Waals surface area contributed by atoms with E-state index in [2.05, 4.69) is 34.7 Å². The molecule has 28 heavy (non-hydrogen) atoms. The molecule has 0 radical (unpaired) electrons. The predicted octanol–water partition coefficient (Wildman–Crippen LogP) is 3.39. The molecule has 1 saturated heterocycles. The molecule has 0 bridgehead atoms. The molecule has 3 aromatic rings. The molecule has 0 spiro atoms. The lowest BCUT2D eigenvalue weighted by molar-refractivity contribution is 0.165. The zero-order valence-electron chi connectivity index (χ0n) is 16.2. The Kier molecular flexibility index (Phi) is 5.30. The predicted molar refractivity (Wildman–Crippen MR) is 111 cm³/mol. The van der Waals surface area contributed by atoms with Crippen molar-refractivity contribution in [2.24, 2.45) is 5.73 Å². The van der Waals surface area contributed by atoms with E-state index in [9.17, 15) is 4.79 Å². The van der Waals surface area contributed by atoms with Gasteiger partial charge in [-0.15, -0.1) is 0 Å². The largest absolute Gasteiger partial charge is 0.330 e. The zero-order valence-corrected chi connectivity index (χ0v) is 16.2. The third-order valence-corrected chi connectivity index (χ3v) is 5.58. The maximum Gasteiger partial charge on any atom is 0.317 e. The number of hydrogen-bond donors (Lipinski definition) is 2. The van der Waals surface area contributed by atoms with Gasteiger partial charge in [0, 0.05) is 25.8 Å². The first-order chi connectivity index (χ1) is 13.6. The number of piperidine rings is 1. The molecule has 3 N–H and O–H groups in total. The molecule has 1 fully saturated rings. The van der Waals surface area contributed by atoms with E-state index in [0.717, 1.165) is 42.6 Å². The molecule has 2 amide bonds. The van der Waals surface area contributed by atoms with Crippen molar-refractivity contribution in [1.82, 2.24) is 20.0 Å². The van der Waals surface area contributed by atoms with E-state index in [1.165, 1.54) is 5.39 Å². The Hall–Kier alpha value is -2.86. The van der Waals surface area contributed by atoms with Crippen LogP contribution in [0.1, 0.15) is 36.2 Å². The second-order valence-electron chi connectivity index (χ2n) is 7.50. The van der Waals surface area contributed by atoms with Crippen LogP contribution in [0.2, 0.25) is 0 Å². The zero-order chi connectivity index (χ0) is 19.5. The summed E-state index contributed by atoms with van der Waals surface area (Å²) in [5.41, 5.74) is 8.05. The Morgan fingerprint density at radius 1 is 1.18 bits per heavy atom. The minimum absolute atomic E-state index is 0.0429. The van der Waals surface area contributed by atoms with Crippen LogP contribution in [-0.4, -0.2) is 40.3 Å². The maximum absolute atomic E-state index is 12.8. The second kappa shape index (κ2) is 8.02. The van der Waals surface area contributed by atoms with Gasteiger partial charge in [0.2, 0.25) is 0 Å². The van der Waals surface area contributed by atoms with Crippen LogP contribution in [0.25, 0.3) is 10.8 Å². The quantitative estimate of drug-likeness (QED) is 0.732. The lowest BCUT2D eigenvalue weighted by atomic mass is 10.0. The van der Waals surface area contributed by atoms with E-state index >= 15 is 0 Å². The smallest absolute Gasteiger partial charge is 0.317 e. The minimum Gasteiger partial charge on any atom is -0.330 e. The van der Waals surface area contributed by atoms with Crippen LogP contribution in [0.5, 0.6) is 0 Å². The first-order valence-electron chi connectivity index (χ1n) is 9.90. The number of nitrogens with two attached hydrogens (primary N) is 1. The summed E-state index contributed by atoms with van der Waals surface area (Å²) in [5.74, 6) is 0. The molecule has 146 valence electrons. The van der Waals surface area contributed by atoms with Gasteiger partial charge in [-0.3, -0.25) is 4.68 Å². The van der Waals surface area contributed by atoms with Crippen molar-refractivity contribution in [3.63, 3.8) is 0 Å². The number of rotatable bonds is 4. The molecule has 0 saturated carbocycles. The normalized spacial score (nSPS) is 16.3. The van der Waals surface area contributed by atoms with Crippen molar-refractivity contribution < 1.29 is 4.79 Å². The summed E-state index contributed by atoms with van der Waals surface area (Å²) in [6.07, 6.45) is 3.86.